The van der Waals surface area contributed by atoms with E-state index >= 15 is 0 Å². The first-order chi connectivity index (χ1) is 16.6. The van der Waals surface area contributed by atoms with Crippen LogP contribution < -0.4 is 5.32 Å². The van der Waals surface area contributed by atoms with E-state index in [1.54, 1.807) is 18.2 Å². The molecule has 7 heteroatoms. The monoisotopic (exact) mass is 476 g/mol. The van der Waals surface area contributed by atoms with E-state index in [-0.39, 0.29) is 17.5 Å². The first kappa shape index (κ1) is 22.6. The number of hydrogen-bond acceptors (Lipinski definition) is 3. The molecule has 0 saturated carbocycles. The average molecular weight is 477 g/mol. The number of likely N-dealkylation sites (tertiary alicyclic amines) is 1. The van der Waals surface area contributed by atoms with Crippen LogP contribution in [0.1, 0.15) is 24.2 Å². The quantitative estimate of drug-likeness (QED) is 0.386. The number of hydrogen-bond donors (Lipinski definition) is 1. The summed E-state index contributed by atoms with van der Waals surface area (Å²) in [7, 11) is 0. The van der Waals surface area contributed by atoms with Crippen LogP contribution in [-0.4, -0.2) is 33.4 Å². The summed E-state index contributed by atoms with van der Waals surface area (Å²) in [5.74, 6) is 0.363. The Balaban J connectivity index is 1.26. The Morgan fingerprint density at radius 2 is 1.68 bits per heavy atom. The molecule has 174 valence electrons. The molecule has 1 aromatic heterocycles. The third-order valence-corrected chi connectivity index (χ3v) is 6.69. The van der Waals surface area contributed by atoms with Gasteiger partial charge in [-0.1, -0.05) is 48.0 Å². The van der Waals surface area contributed by atoms with Gasteiger partial charge in [-0.15, -0.1) is 0 Å². The van der Waals surface area contributed by atoms with Gasteiger partial charge in [0.15, 0.2) is 0 Å². The molecule has 1 fully saturated rings. The zero-order valence-electron chi connectivity index (χ0n) is 18.8. The fourth-order valence-corrected chi connectivity index (χ4v) is 4.67. The summed E-state index contributed by atoms with van der Waals surface area (Å²) in [6.07, 6.45) is 1.47. The highest BCUT2D eigenvalue weighted by atomic mass is 35.5. The largest absolute Gasteiger partial charge is 0.323 e. The number of carbonyl (C=O) groups excluding carboxylic acids is 1. The summed E-state index contributed by atoms with van der Waals surface area (Å²) in [4.78, 5) is 19.9. The van der Waals surface area contributed by atoms with Crippen molar-refractivity contribution in [2.24, 2.45) is 5.92 Å². The molecule has 0 radical (unpaired) electrons. The normalized spacial score (nSPS) is 15.0. The summed E-state index contributed by atoms with van der Waals surface area (Å²) in [5, 5.41) is 3.47. The maximum absolute atomic E-state index is 13.9. The highest BCUT2D eigenvalue weighted by molar-refractivity contribution is 6.30. The lowest BCUT2D eigenvalue weighted by molar-refractivity contribution is -0.121. The molecule has 1 aliphatic heterocycles. The maximum Gasteiger partial charge on any atom is 0.227 e. The highest BCUT2D eigenvalue weighted by Gasteiger charge is 2.26. The van der Waals surface area contributed by atoms with Crippen molar-refractivity contribution in [2.45, 2.75) is 25.9 Å². The van der Waals surface area contributed by atoms with Crippen molar-refractivity contribution >= 4 is 34.2 Å². The Morgan fingerprint density at radius 3 is 2.44 bits per heavy atom. The van der Waals surface area contributed by atoms with Crippen molar-refractivity contribution in [1.29, 1.82) is 0 Å². The molecule has 5 nitrogen and oxygen atoms in total. The third kappa shape index (κ3) is 4.98. The zero-order chi connectivity index (χ0) is 23.5. The standard InChI is InChI=1S/C27H26ClFN4O/c28-21-11-9-19(10-12-21)17-33-25-8-4-3-7-24(25)30-26(33)18-32-15-13-20(14-16-32)27(34)31-23-6-2-1-5-22(23)29/h1-12,20H,13-18H2,(H,31,34). The van der Waals surface area contributed by atoms with Crippen LogP contribution in [0.25, 0.3) is 11.0 Å². The predicted molar refractivity (Wildman–Crippen MR) is 133 cm³/mol. The third-order valence-electron chi connectivity index (χ3n) is 6.44. The van der Waals surface area contributed by atoms with Gasteiger partial charge in [0.25, 0.3) is 0 Å². The Morgan fingerprint density at radius 1 is 0.971 bits per heavy atom. The maximum atomic E-state index is 13.9. The van der Waals surface area contributed by atoms with Crippen molar-refractivity contribution < 1.29 is 9.18 Å². The molecule has 0 spiro atoms. The average Bonchev–Trinajstić information content (AvgIpc) is 3.19. The molecule has 34 heavy (non-hydrogen) atoms. The van der Waals surface area contributed by atoms with Gasteiger partial charge in [0.2, 0.25) is 5.91 Å². The number of imidazole rings is 1. The minimum absolute atomic E-state index is 0.111. The molecular formula is C27H26ClFN4O. The van der Waals surface area contributed by atoms with Crippen LogP contribution in [0.15, 0.2) is 72.8 Å². The smallest absolute Gasteiger partial charge is 0.227 e. The van der Waals surface area contributed by atoms with Crippen LogP contribution in [0, 0.1) is 11.7 Å². The van der Waals surface area contributed by atoms with Crippen molar-refractivity contribution in [3.63, 3.8) is 0 Å². The lowest BCUT2D eigenvalue weighted by atomic mass is 9.95. The molecule has 3 aromatic carbocycles. The molecule has 1 N–H and O–H groups in total. The molecule has 0 aliphatic carbocycles. The van der Waals surface area contributed by atoms with Crippen molar-refractivity contribution in [3.8, 4) is 0 Å². The SMILES string of the molecule is O=C(Nc1ccccc1F)C1CCN(Cc2nc3ccccc3n2Cc2ccc(Cl)cc2)CC1. The van der Waals surface area contributed by atoms with Gasteiger partial charge in [-0.3, -0.25) is 9.69 Å². The van der Waals surface area contributed by atoms with E-state index in [4.69, 9.17) is 16.6 Å². The number of nitrogens with zero attached hydrogens (tertiary/aromatic N) is 3. The van der Waals surface area contributed by atoms with Crippen molar-refractivity contribution in [3.05, 3.63) is 95.0 Å². The number of piperidine rings is 1. The van der Waals surface area contributed by atoms with Gasteiger partial charge < -0.3 is 9.88 Å². The van der Waals surface area contributed by atoms with E-state index in [0.717, 1.165) is 53.4 Å². The molecule has 0 atom stereocenters. The molecule has 1 aliphatic rings. The molecule has 1 amide bonds. The Bertz CT molecular complexity index is 1300. The number of rotatable bonds is 6. The molecule has 5 rings (SSSR count). The van der Waals surface area contributed by atoms with Gasteiger partial charge in [0.05, 0.1) is 23.3 Å². The zero-order valence-corrected chi connectivity index (χ0v) is 19.5. The predicted octanol–water partition coefficient (Wildman–Crippen LogP) is 5.73. The number of benzene rings is 3. The van der Waals surface area contributed by atoms with Gasteiger partial charge in [-0.2, -0.15) is 0 Å². The fourth-order valence-electron chi connectivity index (χ4n) is 4.55. The number of amides is 1. The molecule has 0 bridgehead atoms. The van der Waals surface area contributed by atoms with Crippen LogP contribution >= 0.6 is 11.6 Å². The number of para-hydroxylation sites is 3. The minimum Gasteiger partial charge on any atom is -0.323 e. The number of anilines is 1. The molecule has 1 saturated heterocycles. The van der Waals surface area contributed by atoms with Crippen molar-refractivity contribution in [2.75, 3.05) is 18.4 Å². The minimum atomic E-state index is -0.409. The number of carbonyl (C=O) groups is 1. The summed E-state index contributed by atoms with van der Waals surface area (Å²) >= 11 is 6.06. The van der Waals surface area contributed by atoms with E-state index < -0.39 is 5.82 Å². The number of aromatic nitrogens is 2. The van der Waals surface area contributed by atoms with Gasteiger partial charge in [0.1, 0.15) is 11.6 Å². The van der Waals surface area contributed by atoms with E-state index in [0.29, 0.717) is 13.1 Å². The van der Waals surface area contributed by atoms with Crippen LogP contribution in [0.3, 0.4) is 0 Å². The lowest BCUT2D eigenvalue weighted by Gasteiger charge is -2.31. The highest BCUT2D eigenvalue weighted by Crippen LogP contribution is 2.24. The number of fused-ring (bicyclic) bond motifs is 1. The molecule has 0 unspecified atom stereocenters. The van der Waals surface area contributed by atoms with Crippen LogP contribution in [-0.2, 0) is 17.9 Å². The van der Waals surface area contributed by atoms with E-state index in [1.165, 1.54) is 6.07 Å². The number of nitrogens with one attached hydrogen (secondary N) is 1. The second-order valence-corrected chi connectivity index (χ2v) is 9.19. The van der Waals surface area contributed by atoms with Crippen LogP contribution in [0.4, 0.5) is 10.1 Å². The van der Waals surface area contributed by atoms with Crippen LogP contribution in [0.5, 0.6) is 0 Å². The summed E-state index contributed by atoms with van der Waals surface area (Å²) in [6, 6.07) is 22.4. The lowest BCUT2D eigenvalue weighted by Crippen LogP contribution is -2.38. The Hall–Kier alpha value is -3.22. The summed E-state index contributed by atoms with van der Waals surface area (Å²) in [6.45, 7) is 3.01. The first-order valence-electron chi connectivity index (χ1n) is 11.5. The molecular weight excluding hydrogens is 451 g/mol. The van der Waals surface area contributed by atoms with Crippen LogP contribution in [0.2, 0.25) is 5.02 Å². The number of halogens is 2. The van der Waals surface area contributed by atoms with E-state index in [2.05, 4.69) is 20.9 Å². The van der Waals surface area contributed by atoms with Gasteiger partial charge in [-0.25, -0.2) is 9.37 Å². The van der Waals surface area contributed by atoms with Gasteiger partial charge in [0, 0.05) is 17.5 Å². The summed E-state index contributed by atoms with van der Waals surface area (Å²) < 4.78 is 16.1. The second kappa shape index (κ2) is 9.95. The van der Waals surface area contributed by atoms with E-state index in [1.807, 2.05) is 42.5 Å². The second-order valence-electron chi connectivity index (χ2n) is 8.75. The Kier molecular flexibility index (Phi) is 6.61. The molecule has 4 aromatic rings. The van der Waals surface area contributed by atoms with E-state index in [9.17, 15) is 9.18 Å². The fraction of sp³-hybridized carbons (Fsp3) is 0.259. The summed E-state index contributed by atoms with van der Waals surface area (Å²) in [5.41, 5.74) is 3.49. The topological polar surface area (TPSA) is 50.2 Å². The first-order valence-corrected chi connectivity index (χ1v) is 11.9. The van der Waals surface area contributed by atoms with Gasteiger partial charge >= 0.3 is 0 Å². The van der Waals surface area contributed by atoms with Gasteiger partial charge in [-0.05, 0) is 67.9 Å². The van der Waals surface area contributed by atoms with Crippen molar-refractivity contribution in [1.82, 2.24) is 14.5 Å². The Labute approximate surface area is 203 Å². The molecule has 2 heterocycles.